The van der Waals surface area contributed by atoms with E-state index in [1.807, 2.05) is 55.2 Å². The summed E-state index contributed by atoms with van der Waals surface area (Å²) in [5.41, 5.74) is 3.30. The van der Waals surface area contributed by atoms with Crippen LogP contribution in [0.15, 0.2) is 42.2 Å². The third-order valence-corrected chi connectivity index (χ3v) is 6.37. The van der Waals surface area contributed by atoms with Crippen LogP contribution in [0.3, 0.4) is 0 Å². The van der Waals surface area contributed by atoms with Gasteiger partial charge in [0.25, 0.3) is 5.65 Å². The Bertz CT molecular complexity index is 1260. The second kappa shape index (κ2) is 7.20. The Labute approximate surface area is 195 Å². The van der Waals surface area contributed by atoms with Crippen LogP contribution in [0.2, 0.25) is 0 Å². The van der Waals surface area contributed by atoms with Crippen LogP contribution in [0.25, 0.3) is 27.5 Å². The van der Waals surface area contributed by atoms with E-state index in [1.54, 1.807) is 0 Å². The van der Waals surface area contributed by atoms with Gasteiger partial charge in [0, 0.05) is 11.3 Å². The molecule has 1 fully saturated rings. The molecule has 2 aliphatic rings. The molecule has 148 valence electrons. The van der Waals surface area contributed by atoms with Gasteiger partial charge in [-0.15, -0.1) is 6.10 Å². The Morgan fingerprint density at radius 3 is 2.67 bits per heavy atom. The third kappa shape index (κ3) is 2.69. The molecule has 0 unspecified atom stereocenters. The minimum Gasteiger partial charge on any atom is -0.852 e. The maximum absolute atomic E-state index is 12.4. The molecule has 0 aliphatic carbocycles. The summed E-state index contributed by atoms with van der Waals surface area (Å²) in [6.07, 6.45) is 1.28. The molecule has 8 heteroatoms. The average Bonchev–Trinajstić information content (AvgIpc) is 3.15. The number of rotatable bonds is 3. The molecular formula is C22H20N3NaO4. The van der Waals surface area contributed by atoms with E-state index in [2.05, 4.69) is 4.57 Å². The molecule has 0 bridgehead atoms. The fourth-order valence-corrected chi connectivity index (χ4v) is 5.08. The first kappa shape index (κ1) is 21.1. The summed E-state index contributed by atoms with van der Waals surface area (Å²) in [7, 11) is 3.98. The van der Waals surface area contributed by atoms with Crippen LogP contribution in [0.5, 0.6) is 0 Å². The number of aromatic nitrogens is 2. The molecule has 2 aliphatic heterocycles. The number of nitrogens with zero attached hydrogens (tertiary/aromatic N) is 3. The van der Waals surface area contributed by atoms with Gasteiger partial charge in [0.2, 0.25) is 5.91 Å². The number of fused-ring (bicyclic) bond motifs is 4. The van der Waals surface area contributed by atoms with Gasteiger partial charge in [-0.25, -0.2) is 9.13 Å². The van der Waals surface area contributed by atoms with E-state index >= 15 is 0 Å². The van der Waals surface area contributed by atoms with Crippen molar-refractivity contribution in [1.29, 1.82) is 0 Å². The first-order valence-corrected chi connectivity index (χ1v) is 9.61. The van der Waals surface area contributed by atoms with Gasteiger partial charge in [-0.1, -0.05) is 13.0 Å². The number of benzene rings is 1. The van der Waals surface area contributed by atoms with E-state index < -0.39 is 23.9 Å². The summed E-state index contributed by atoms with van der Waals surface area (Å²) in [6, 6.07) is 9.44. The van der Waals surface area contributed by atoms with Gasteiger partial charge in [-0.3, -0.25) is 4.79 Å². The van der Waals surface area contributed by atoms with Crippen molar-refractivity contribution in [3.05, 3.63) is 47.8 Å². The Kier molecular flexibility index (Phi) is 5.05. The van der Waals surface area contributed by atoms with E-state index in [-0.39, 0.29) is 41.3 Å². The topological polar surface area (TPSA) is 92.3 Å². The molecule has 1 amide bonds. The van der Waals surface area contributed by atoms with Crippen LogP contribution < -0.4 is 44.3 Å². The van der Waals surface area contributed by atoms with Crippen LogP contribution in [-0.4, -0.2) is 33.5 Å². The molecule has 4 heterocycles. The molecule has 1 saturated heterocycles. The van der Waals surface area contributed by atoms with Crippen molar-refractivity contribution >= 4 is 39.4 Å². The van der Waals surface area contributed by atoms with Crippen LogP contribution in [0.4, 0.5) is 0 Å². The number of carbonyl (C=O) groups excluding carboxylic acids is 2. The number of aryl methyl sites for hydroxylation is 2. The summed E-state index contributed by atoms with van der Waals surface area (Å²) >= 11 is 0. The van der Waals surface area contributed by atoms with Gasteiger partial charge in [0.05, 0.1) is 43.4 Å². The van der Waals surface area contributed by atoms with Crippen molar-refractivity contribution < 1.29 is 53.9 Å². The molecule has 0 spiro atoms. The van der Waals surface area contributed by atoms with E-state index in [4.69, 9.17) is 0 Å². The summed E-state index contributed by atoms with van der Waals surface area (Å²) < 4.78 is 4.14. The van der Waals surface area contributed by atoms with Gasteiger partial charge < -0.3 is 19.9 Å². The molecule has 3 atom stereocenters. The first-order valence-electron chi connectivity index (χ1n) is 9.61. The second-order valence-corrected chi connectivity index (χ2v) is 7.97. The molecule has 3 aromatic rings. The summed E-state index contributed by atoms with van der Waals surface area (Å²) in [4.78, 5) is 25.5. The zero-order chi connectivity index (χ0) is 20.6. The van der Waals surface area contributed by atoms with Crippen molar-refractivity contribution in [2.45, 2.75) is 25.5 Å². The molecule has 1 aromatic carbocycles. The minimum absolute atomic E-state index is 0. The molecule has 2 aromatic heterocycles. The zero-order valence-corrected chi connectivity index (χ0v) is 19.4. The van der Waals surface area contributed by atoms with Crippen molar-refractivity contribution in [3.8, 4) is 0 Å². The second-order valence-electron chi connectivity index (χ2n) is 7.97. The Morgan fingerprint density at radius 1 is 1.27 bits per heavy atom. The van der Waals surface area contributed by atoms with E-state index in [0.717, 1.165) is 27.5 Å². The number of carbonyl (C=O) groups is 2. The van der Waals surface area contributed by atoms with E-state index in [0.29, 0.717) is 12.0 Å². The van der Waals surface area contributed by atoms with Crippen LogP contribution in [0, 0.1) is 5.92 Å². The fraction of sp³-hybridized carbons (Fsp3) is 0.318. The van der Waals surface area contributed by atoms with Crippen molar-refractivity contribution in [1.82, 2.24) is 9.47 Å². The van der Waals surface area contributed by atoms with Crippen LogP contribution in [0.1, 0.15) is 18.9 Å². The van der Waals surface area contributed by atoms with Gasteiger partial charge in [-0.2, -0.15) is 0 Å². The number of hydrogen-bond donors (Lipinski definition) is 0. The summed E-state index contributed by atoms with van der Waals surface area (Å²) in [5, 5.41) is 25.9. The third-order valence-electron chi connectivity index (χ3n) is 6.37. The van der Waals surface area contributed by atoms with Gasteiger partial charge in [0.1, 0.15) is 5.52 Å². The standard InChI is InChI=1S/C22H21N3O4.Na/c1-11(26)18-17-10-14(19(22(28)29)25(17)21(18)27)12-6-7-16-15(9-12)13-5-4-8-23(2)20(13)24(16)3;/h4-9,11,17-18H,10H2,1-3H3,(H,28,29);/q;+1/p-1/t11-,17-,18-;/m1./s1. The molecule has 30 heavy (non-hydrogen) atoms. The fourth-order valence-electron chi connectivity index (χ4n) is 5.08. The minimum atomic E-state index is -1.38. The summed E-state index contributed by atoms with van der Waals surface area (Å²) in [5.74, 6) is -2.47. The Morgan fingerprint density at radius 2 is 2.00 bits per heavy atom. The van der Waals surface area contributed by atoms with Crippen molar-refractivity contribution in [2.75, 3.05) is 0 Å². The molecule has 5 rings (SSSR count). The van der Waals surface area contributed by atoms with Gasteiger partial charge in [0.15, 0.2) is 0 Å². The quantitative estimate of drug-likeness (QED) is 0.254. The predicted octanol–water partition coefficient (Wildman–Crippen LogP) is -3.40. The number of β-lactam (4-membered cyclic amide) rings is 1. The average molecular weight is 413 g/mol. The number of carboxylic acids is 1. The van der Waals surface area contributed by atoms with Crippen molar-refractivity contribution in [3.63, 3.8) is 0 Å². The molecule has 0 saturated carbocycles. The smallest absolute Gasteiger partial charge is 0.852 e. The molecular weight excluding hydrogens is 393 g/mol. The van der Waals surface area contributed by atoms with Gasteiger partial charge in [-0.05, 0) is 41.8 Å². The van der Waals surface area contributed by atoms with E-state index in [1.165, 1.54) is 11.8 Å². The maximum atomic E-state index is 12.4. The largest absolute Gasteiger partial charge is 1.00 e. The molecule has 0 N–H and O–H groups in total. The van der Waals surface area contributed by atoms with Crippen LogP contribution in [-0.2, 0) is 23.7 Å². The number of hydrogen-bond acceptors (Lipinski definition) is 4. The van der Waals surface area contributed by atoms with Crippen molar-refractivity contribution in [2.24, 2.45) is 20.0 Å². The Hall–Kier alpha value is -2.19. The maximum Gasteiger partial charge on any atom is 1.00 e. The molecule has 7 nitrogen and oxygen atoms in total. The van der Waals surface area contributed by atoms with E-state index in [9.17, 15) is 19.8 Å². The zero-order valence-electron chi connectivity index (χ0n) is 17.4. The predicted molar refractivity (Wildman–Crippen MR) is 102 cm³/mol. The Balaban J connectivity index is 0.00000218. The monoisotopic (exact) mass is 413 g/mol. The van der Waals surface area contributed by atoms with Crippen LogP contribution >= 0.6 is 0 Å². The number of pyridine rings is 1. The first-order chi connectivity index (χ1) is 13.8. The number of aliphatic carboxylic acids is 1. The number of carboxylic acid groups (broad SMARTS) is 1. The van der Waals surface area contributed by atoms with Gasteiger partial charge >= 0.3 is 29.6 Å². The number of amides is 1. The summed E-state index contributed by atoms with van der Waals surface area (Å²) in [6.45, 7) is 1.46. The molecule has 0 radical (unpaired) electrons. The SMILES string of the molecule is C[C@@H]([O-])[C@H]1C(=O)N2C(C(=O)[O-])=C(c3ccc4c(c3)c3ccc[n+](C)c3n4C)C[C@H]12.[Na+]. The normalized spacial score (nSPS) is 21.6.